The van der Waals surface area contributed by atoms with Crippen LogP contribution in [-0.2, 0) is 4.74 Å². The van der Waals surface area contributed by atoms with Crippen LogP contribution in [0.2, 0.25) is 5.15 Å². The summed E-state index contributed by atoms with van der Waals surface area (Å²) in [5.74, 6) is 0.784. The lowest BCUT2D eigenvalue weighted by Crippen LogP contribution is -2.40. The summed E-state index contributed by atoms with van der Waals surface area (Å²) in [6.07, 6.45) is 3.22. The molecule has 5 nitrogen and oxygen atoms in total. The van der Waals surface area contributed by atoms with E-state index in [1.165, 1.54) is 6.33 Å². The average Bonchev–Trinajstić information content (AvgIpc) is 2.83. The van der Waals surface area contributed by atoms with E-state index < -0.39 is 5.60 Å². The second kappa shape index (κ2) is 6.83. The van der Waals surface area contributed by atoms with Gasteiger partial charge in [0.1, 0.15) is 22.1 Å². The SMILES string of the molecule is CC(C)(C)OC(=O)N1CCCC1CSc1cc(Cl)ncn1. The van der Waals surface area contributed by atoms with Crippen LogP contribution in [0.3, 0.4) is 0 Å². The predicted octanol–water partition coefficient (Wildman–Crippen LogP) is 3.62. The Morgan fingerprint density at radius 3 is 2.95 bits per heavy atom. The highest BCUT2D eigenvalue weighted by molar-refractivity contribution is 7.99. The monoisotopic (exact) mass is 329 g/mol. The van der Waals surface area contributed by atoms with Gasteiger partial charge in [-0.1, -0.05) is 11.6 Å². The lowest BCUT2D eigenvalue weighted by atomic mass is 10.2. The summed E-state index contributed by atoms with van der Waals surface area (Å²) in [5, 5.41) is 1.26. The predicted molar refractivity (Wildman–Crippen MR) is 83.7 cm³/mol. The third-order valence-electron chi connectivity index (χ3n) is 3.04. The standard InChI is InChI=1S/C14H20ClN3O2S/c1-14(2,3)20-13(19)18-6-4-5-10(18)8-21-12-7-11(15)16-9-17-12/h7,9-10H,4-6,8H2,1-3H3. The minimum Gasteiger partial charge on any atom is -0.444 e. The normalized spacial score (nSPS) is 18.9. The Bertz CT molecular complexity index is 507. The summed E-state index contributed by atoms with van der Waals surface area (Å²) in [6.45, 7) is 6.40. The van der Waals surface area contributed by atoms with Crippen molar-refractivity contribution in [2.45, 2.75) is 50.3 Å². The molecule has 1 aromatic rings. The van der Waals surface area contributed by atoms with Crippen molar-refractivity contribution >= 4 is 29.5 Å². The summed E-state index contributed by atoms with van der Waals surface area (Å²) < 4.78 is 5.45. The third-order valence-corrected chi connectivity index (χ3v) is 4.31. The van der Waals surface area contributed by atoms with Gasteiger partial charge in [-0.05, 0) is 33.6 Å². The van der Waals surface area contributed by atoms with Gasteiger partial charge in [-0.15, -0.1) is 11.8 Å². The van der Waals surface area contributed by atoms with Crippen LogP contribution in [0.1, 0.15) is 33.6 Å². The minimum absolute atomic E-state index is 0.179. The maximum atomic E-state index is 12.2. The van der Waals surface area contributed by atoms with Gasteiger partial charge >= 0.3 is 6.09 Å². The van der Waals surface area contributed by atoms with Crippen LogP contribution in [0.15, 0.2) is 17.4 Å². The Balaban J connectivity index is 1.91. The van der Waals surface area contributed by atoms with Crippen molar-refractivity contribution in [3.8, 4) is 0 Å². The molecule has 1 aliphatic heterocycles. The Morgan fingerprint density at radius 1 is 1.52 bits per heavy atom. The van der Waals surface area contributed by atoms with Gasteiger partial charge in [-0.2, -0.15) is 0 Å². The molecule has 2 rings (SSSR count). The van der Waals surface area contributed by atoms with Gasteiger partial charge in [0.05, 0.1) is 0 Å². The fraction of sp³-hybridized carbons (Fsp3) is 0.643. The molecule has 1 aromatic heterocycles. The van der Waals surface area contributed by atoms with Gasteiger partial charge < -0.3 is 9.64 Å². The molecule has 1 amide bonds. The highest BCUT2D eigenvalue weighted by atomic mass is 35.5. The molecule has 0 N–H and O–H groups in total. The summed E-state index contributed by atoms with van der Waals surface area (Å²) >= 11 is 7.43. The van der Waals surface area contributed by atoms with Crippen molar-refractivity contribution in [3.63, 3.8) is 0 Å². The maximum absolute atomic E-state index is 12.2. The van der Waals surface area contributed by atoms with E-state index in [9.17, 15) is 4.79 Å². The van der Waals surface area contributed by atoms with Crippen LogP contribution in [-0.4, -0.2) is 44.9 Å². The molecule has 0 aromatic carbocycles. The van der Waals surface area contributed by atoms with E-state index in [-0.39, 0.29) is 12.1 Å². The van der Waals surface area contributed by atoms with Crippen LogP contribution in [0.4, 0.5) is 4.79 Å². The molecule has 1 aliphatic rings. The zero-order valence-electron chi connectivity index (χ0n) is 12.5. The molecule has 0 radical (unpaired) electrons. The number of thioether (sulfide) groups is 1. The maximum Gasteiger partial charge on any atom is 0.410 e. The Labute approximate surface area is 134 Å². The van der Waals surface area contributed by atoms with Gasteiger partial charge in [-0.25, -0.2) is 14.8 Å². The van der Waals surface area contributed by atoms with Crippen molar-refractivity contribution < 1.29 is 9.53 Å². The average molecular weight is 330 g/mol. The first-order valence-electron chi connectivity index (χ1n) is 6.95. The Kier molecular flexibility index (Phi) is 5.32. The van der Waals surface area contributed by atoms with E-state index in [0.717, 1.165) is 30.2 Å². The van der Waals surface area contributed by atoms with E-state index in [0.29, 0.717) is 5.15 Å². The van der Waals surface area contributed by atoms with Gasteiger partial charge in [0.25, 0.3) is 0 Å². The van der Waals surface area contributed by atoms with Gasteiger partial charge in [0.2, 0.25) is 0 Å². The highest BCUT2D eigenvalue weighted by Gasteiger charge is 2.32. The first-order valence-corrected chi connectivity index (χ1v) is 8.31. The molecule has 0 saturated carbocycles. The molecule has 1 saturated heterocycles. The number of likely N-dealkylation sites (tertiary alicyclic amines) is 1. The second-order valence-electron chi connectivity index (χ2n) is 5.96. The molecule has 2 heterocycles. The topological polar surface area (TPSA) is 55.3 Å². The fourth-order valence-corrected chi connectivity index (χ4v) is 3.39. The molecule has 21 heavy (non-hydrogen) atoms. The molecular formula is C14H20ClN3O2S. The number of hydrogen-bond acceptors (Lipinski definition) is 5. The molecule has 0 aliphatic carbocycles. The highest BCUT2D eigenvalue weighted by Crippen LogP contribution is 2.26. The molecule has 1 atom stereocenters. The molecule has 116 valence electrons. The van der Waals surface area contributed by atoms with Gasteiger partial charge in [0, 0.05) is 24.4 Å². The molecule has 1 unspecified atom stereocenters. The van der Waals surface area contributed by atoms with Crippen LogP contribution in [0, 0.1) is 0 Å². The molecule has 0 spiro atoms. The van der Waals surface area contributed by atoms with Gasteiger partial charge in [0.15, 0.2) is 0 Å². The lowest BCUT2D eigenvalue weighted by Gasteiger charge is -2.28. The van der Waals surface area contributed by atoms with E-state index in [1.54, 1.807) is 17.8 Å². The first kappa shape index (κ1) is 16.4. The van der Waals surface area contributed by atoms with Crippen molar-refractivity contribution in [1.82, 2.24) is 14.9 Å². The third kappa shape index (κ3) is 5.04. The largest absolute Gasteiger partial charge is 0.444 e. The number of hydrogen-bond donors (Lipinski definition) is 0. The number of nitrogens with zero attached hydrogens (tertiary/aromatic N) is 3. The van der Waals surface area contributed by atoms with E-state index in [1.807, 2.05) is 25.7 Å². The number of carbonyl (C=O) groups excluding carboxylic acids is 1. The molecular weight excluding hydrogens is 310 g/mol. The summed E-state index contributed by atoms with van der Waals surface area (Å²) in [6, 6.07) is 1.91. The van der Waals surface area contributed by atoms with Crippen molar-refractivity contribution in [2.24, 2.45) is 0 Å². The fourth-order valence-electron chi connectivity index (χ4n) is 2.15. The number of ether oxygens (including phenoxy) is 1. The summed E-state index contributed by atoms with van der Waals surface area (Å²) in [7, 11) is 0. The first-order chi connectivity index (χ1) is 9.85. The number of rotatable bonds is 3. The number of amides is 1. The minimum atomic E-state index is -0.461. The van der Waals surface area contributed by atoms with Crippen molar-refractivity contribution in [3.05, 3.63) is 17.5 Å². The Morgan fingerprint density at radius 2 is 2.29 bits per heavy atom. The zero-order valence-corrected chi connectivity index (χ0v) is 14.1. The van der Waals surface area contributed by atoms with Crippen LogP contribution < -0.4 is 0 Å². The number of halogens is 1. The zero-order chi connectivity index (χ0) is 15.5. The van der Waals surface area contributed by atoms with Crippen LogP contribution in [0.25, 0.3) is 0 Å². The number of carbonyl (C=O) groups is 1. The summed E-state index contributed by atoms with van der Waals surface area (Å²) in [4.78, 5) is 22.0. The van der Waals surface area contributed by atoms with Crippen molar-refractivity contribution in [2.75, 3.05) is 12.3 Å². The smallest absolute Gasteiger partial charge is 0.410 e. The molecule has 1 fully saturated rings. The lowest BCUT2D eigenvalue weighted by molar-refractivity contribution is 0.0242. The number of aromatic nitrogens is 2. The molecule has 0 bridgehead atoms. The second-order valence-corrected chi connectivity index (χ2v) is 7.39. The van der Waals surface area contributed by atoms with E-state index in [4.69, 9.17) is 16.3 Å². The van der Waals surface area contributed by atoms with Crippen molar-refractivity contribution in [1.29, 1.82) is 0 Å². The molecule has 7 heteroatoms. The van der Waals surface area contributed by atoms with Crippen LogP contribution in [0.5, 0.6) is 0 Å². The van der Waals surface area contributed by atoms with E-state index in [2.05, 4.69) is 9.97 Å². The summed E-state index contributed by atoms with van der Waals surface area (Å²) in [5.41, 5.74) is -0.461. The van der Waals surface area contributed by atoms with Gasteiger partial charge in [-0.3, -0.25) is 0 Å². The quantitative estimate of drug-likeness (QED) is 0.626. The van der Waals surface area contributed by atoms with E-state index >= 15 is 0 Å². The van der Waals surface area contributed by atoms with Crippen LogP contribution >= 0.6 is 23.4 Å². The Hall–Kier alpha value is -1.01.